The van der Waals surface area contributed by atoms with E-state index in [0.29, 0.717) is 31.3 Å². The maximum atomic E-state index is 13.9. The molecule has 4 amide bonds. The van der Waals surface area contributed by atoms with Crippen LogP contribution in [0.1, 0.15) is 70.2 Å². The topological polar surface area (TPSA) is 156 Å². The summed E-state index contributed by atoms with van der Waals surface area (Å²) in [6, 6.07) is 17.0. The number of piperazine rings is 1. The molecular weight excluding hydrogens is 754 g/mol. The highest BCUT2D eigenvalue weighted by Gasteiger charge is 2.44. The van der Waals surface area contributed by atoms with E-state index in [1.807, 2.05) is 36.4 Å². The fourth-order valence-corrected chi connectivity index (χ4v) is 8.23. The fourth-order valence-electron chi connectivity index (χ4n) is 8.23. The lowest BCUT2D eigenvalue weighted by Gasteiger charge is -2.35. The van der Waals surface area contributed by atoms with Gasteiger partial charge in [0, 0.05) is 70.2 Å². The standard InChI is InChI=1S/C44H48FN9O5/c1-29(53-18-4-9-37(53)30-6-2-7-31(45)26-30)11-15-39-47-28-36(48-39)35-8-3-10-40(49-35)52-21-19-51(20-22-52)23-25-59-24-5-17-46-32-12-13-33-34(27-32)44(58)54(43(33)57)38-14-16-41(55)50-42(38)56/h2-3,6-8,10-13,15,26-28,37-38,46H,1,4-5,9,14,16-25H2,(H,47,48)(H,50,55,56)/b15-11-/t37-,38?/m1/s1. The number of rotatable bonds is 15. The summed E-state index contributed by atoms with van der Waals surface area (Å²) in [6.07, 6.45) is 8.63. The van der Waals surface area contributed by atoms with Crippen LogP contribution in [0.3, 0.4) is 0 Å². The molecule has 6 heterocycles. The molecular formula is C44H48FN9O5. The average molecular weight is 802 g/mol. The number of allylic oxidation sites excluding steroid dienone is 1. The Bertz CT molecular complexity index is 2270. The molecule has 306 valence electrons. The largest absolute Gasteiger partial charge is 0.385 e. The molecule has 4 aromatic rings. The number of hydrogen-bond acceptors (Lipinski definition) is 11. The summed E-state index contributed by atoms with van der Waals surface area (Å²) in [5, 5.41) is 5.51. The van der Waals surface area contributed by atoms with Gasteiger partial charge in [-0.2, -0.15) is 0 Å². The third-order valence-electron chi connectivity index (χ3n) is 11.4. The van der Waals surface area contributed by atoms with Crippen molar-refractivity contribution in [3.63, 3.8) is 0 Å². The van der Waals surface area contributed by atoms with Crippen molar-refractivity contribution in [3.05, 3.63) is 114 Å². The van der Waals surface area contributed by atoms with E-state index in [9.17, 15) is 23.6 Å². The van der Waals surface area contributed by atoms with E-state index >= 15 is 0 Å². The van der Waals surface area contributed by atoms with Crippen molar-refractivity contribution in [2.24, 2.45) is 0 Å². The molecule has 1 unspecified atom stereocenters. The molecule has 0 aliphatic carbocycles. The molecule has 8 rings (SSSR count). The number of imidazole rings is 1. The molecule has 3 saturated heterocycles. The molecule has 3 N–H and O–H groups in total. The van der Waals surface area contributed by atoms with Crippen molar-refractivity contribution in [2.75, 3.05) is 69.2 Å². The summed E-state index contributed by atoms with van der Waals surface area (Å²) in [6.45, 7) is 11.3. The normalized spacial score (nSPS) is 19.8. The molecule has 4 aliphatic rings. The number of aromatic amines is 1. The van der Waals surface area contributed by atoms with Crippen LogP contribution in [0, 0.1) is 5.82 Å². The zero-order valence-corrected chi connectivity index (χ0v) is 32.9. The predicted molar refractivity (Wildman–Crippen MR) is 221 cm³/mol. The van der Waals surface area contributed by atoms with Gasteiger partial charge in [0.2, 0.25) is 11.8 Å². The number of aromatic nitrogens is 3. The first-order valence-corrected chi connectivity index (χ1v) is 20.3. The Balaban J connectivity index is 0.738. The third-order valence-corrected chi connectivity index (χ3v) is 11.4. The zero-order valence-electron chi connectivity index (χ0n) is 32.9. The van der Waals surface area contributed by atoms with Gasteiger partial charge in [0.05, 0.1) is 41.4 Å². The monoisotopic (exact) mass is 801 g/mol. The second-order valence-electron chi connectivity index (χ2n) is 15.2. The summed E-state index contributed by atoms with van der Waals surface area (Å²) >= 11 is 0. The van der Waals surface area contributed by atoms with Crippen LogP contribution in [0.25, 0.3) is 17.5 Å². The highest BCUT2D eigenvalue weighted by molar-refractivity contribution is 6.23. The molecule has 14 nitrogen and oxygen atoms in total. The van der Waals surface area contributed by atoms with Crippen molar-refractivity contribution in [2.45, 2.75) is 44.2 Å². The molecule has 2 atom stereocenters. The average Bonchev–Trinajstić information content (AvgIpc) is 3.99. The van der Waals surface area contributed by atoms with Gasteiger partial charge in [-0.25, -0.2) is 14.4 Å². The number of likely N-dealkylation sites (tertiary alicyclic amines) is 1. The smallest absolute Gasteiger partial charge is 0.262 e. The van der Waals surface area contributed by atoms with Crippen molar-refractivity contribution < 1.29 is 28.3 Å². The SMILES string of the molecule is C=C(/C=C\c1ncc(-c2cccc(N3CCN(CCOCCCNc4ccc5c(c4)C(=O)N(C4CCC(=O)NC4=O)C5=O)CC3)n2)[nH]1)N1CCC[C@@H]1c1cccc(F)c1. The van der Waals surface area contributed by atoms with Gasteiger partial charge in [0.25, 0.3) is 11.8 Å². The number of fused-ring (bicyclic) bond motifs is 1. The van der Waals surface area contributed by atoms with E-state index in [4.69, 9.17) is 9.72 Å². The predicted octanol–water partition coefficient (Wildman–Crippen LogP) is 5.02. The van der Waals surface area contributed by atoms with Crippen LogP contribution in [0.15, 0.2) is 85.2 Å². The van der Waals surface area contributed by atoms with Crippen molar-refractivity contribution in [1.82, 2.24) is 35.0 Å². The number of carbonyl (C=O) groups excluding carboxylic acids is 4. The van der Waals surface area contributed by atoms with Crippen LogP contribution < -0.4 is 15.5 Å². The van der Waals surface area contributed by atoms with Gasteiger partial charge in [-0.3, -0.25) is 34.3 Å². The lowest BCUT2D eigenvalue weighted by Crippen LogP contribution is -2.54. The Kier molecular flexibility index (Phi) is 11.9. The van der Waals surface area contributed by atoms with Gasteiger partial charge in [-0.1, -0.05) is 24.8 Å². The number of nitrogens with zero attached hydrogens (tertiary/aromatic N) is 6. The van der Waals surface area contributed by atoms with E-state index in [-0.39, 0.29) is 35.8 Å². The molecule has 59 heavy (non-hydrogen) atoms. The first-order chi connectivity index (χ1) is 28.7. The molecule has 0 spiro atoms. The van der Waals surface area contributed by atoms with Crippen molar-refractivity contribution in [1.29, 1.82) is 0 Å². The van der Waals surface area contributed by atoms with Crippen LogP contribution in [0.4, 0.5) is 15.9 Å². The number of imide groups is 2. The van der Waals surface area contributed by atoms with E-state index in [1.165, 1.54) is 6.07 Å². The fraction of sp³-hybridized carbons (Fsp3) is 0.364. The minimum absolute atomic E-state index is 0.0820. The van der Waals surface area contributed by atoms with Crippen LogP contribution >= 0.6 is 0 Å². The van der Waals surface area contributed by atoms with Crippen LogP contribution in [0.5, 0.6) is 0 Å². The first kappa shape index (κ1) is 39.6. The Labute approximate surface area is 342 Å². The molecule has 2 aromatic heterocycles. The quantitative estimate of drug-likeness (QED) is 0.0844. The summed E-state index contributed by atoms with van der Waals surface area (Å²) in [7, 11) is 0. The third kappa shape index (κ3) is 8.95. The van der Waals surface area contributed by atoms with Gasteiger partial charge < -0.3 is 24.8 Å². The van der Waals surface area contributed by atoms with Crippen LogP contribution in [0.2, 0.25) is 0 Å². The lowest BCUT2D eigenvalue weighted by molar-refractivity contribution is -0.136. The number of nitrogens with one attached hydrogen (secondary N) is 3. The summed E-state index contributed by atoms with van der Waals surface area (Å²) in [5.41, 5.74) is 4.70. The van der Waals surface area contributed by atoms with Gasteiger partial charge in [0.15, 0.2) is 0 Å². The number of H-pyrrole nitrogens is 1. The lowest BCUT2D eigenvalue weighted by atomic mass is 10.0. The number of anilines is 2. The van der Waals surface area contributed by atoms with E-state index in [0.717, 1.165) is 91.9 Å². The van der Waals surface area contributed by atoms with E-state index in [1.54, 1.807) is 36.5 Å². The summed E-state index contributed by atoms with van der Waals surface area (Å²) in [4.78, 5) is 70.7. The van der Waals surface area contributed by atoms with Crippen LogP contribution in [-0.2, 0) is 14.3 Å². The number of ether oxygens (including phenoxy) is 1. The second kappa shape index (κ2) is 17.7. The highest BCUT2D eigenvalue weighted by Crippen LogP contribution is 2.35. The number of piperidine rings is 1. The molecule has 15 heteroatoms. The minimum atomic E-state index is -0.984. The number of halogens is 1. The maximum Gasteiger partial charge on any atom is 0.262 e. The molecule has 0 bridgehead atoms. The van der Waals surface area contributed by atoms with Gasteiger partial charge in [-0.15, -0.1) is 0 Å². The Morgan fingerprint density at radius 2 is 1.76 bits per heavy atom. The molecule has 0 radical (unpaired) electrons. The Morgan fingerprint density at radius 3 is 2.59 bits per heavy atom. The molecule has 0 saturated carbocycles. The first-order valence-electron chi connectivity index (χ1n) is 20.3. The molecule has 3 fully saturated rings. The van der Waals surface area contributed by atoms with Gasteiger partial charge in [-0.05, 0) is 85.9 Å². The Hall–Kier alpha value is -6.19. The van der Waals surface area contributed by atoms with Crippen molar-refractivity contribution in [3.8, 4) is 11.4 Å². The number of carbonyl (C=O) groups is 4. The summed E-state index contributed by atoms with van der Waals surface area (Å²) < 4.78 is 19.8. The number of benzene rings is 2. The Morgan fingerprint density at radius 1 is 0.932 bits per heavy atom. The highest BCUT2D eigenvalue weighted by atomic mass is 19.1. The minimum Gasteiger partial charge on any atom is -0.385 e. The van der Waals surface area contributed by atoms with E-state index < -0.39 is 29.7 Å². The second-order valence-corrected chi connectivity index (χ2v) is 15.2. The zero-order chi connectivity index (χ0) is 40.9. The summed E-state index contributed by atoms with van der Waals surface area (Å²) in [5.74, 6) is -0.655. The number of pyridine rings is 1. The van der Waals surface area contributed by atoms with Crippen molar-refractivity contribution >= 4 is 41.2 Å². The molecule has 2 aromatic carbocycles. The van der Waals surface area contributed by atoms with Gasteiger partial charge in [0.1, 0.15) is 23.5 Å². The van der Waals surface area contributed by atoms with Crippen LogP contribution in [-0.4, -0.2) is 118 Å². The molecule has 4 aliphatic heterocycles. The maximum absolute atomic E-state index is 13.9. The van der Waals surface area contributed by atoms with E-state index in [2.05, 4.69) is 41.9 Å². The van der Waals surface area contributed by atoms with Gasteiger partial charge >= 0.3 is 0 Å². The number of amides is 4. The number of hydrogen-bond donors (Lipinski definition) is 3.